The zero-order valence-electron chi connectivity index (χ0n) is 19.1. The van der Waals surface area contributed by atoms with E-state index in [0.29, 0.717) is 12.0 Å². The summed E-state index contributed by atoms with van der Waals surface area (Å²) in [5.74, 6) is 0.704. The molecule has 1 aromatic carbocycles. The summed E-state index contributed by atoms with van der Waals surface area (Å²) in [4.78, 5) is 10.2. The highest BCUT2D eigenvalue weighted by Crippen LogP contribution is 2.46. The van der Waals surface area contributed by atoms with Crippen LogP contribution in [-0.2, 0) is 12.8 Å². The molecule has 1 aliphatic carbocycles. The Balaban J connectivity index is 1.45. The van der Waals surface area contributed by atoms with Crippen molar-refractivity contribution in [1.29, 1.82) is 0 Å². The van der Waals surface area contributed by atoms with Crippen molar-refractivity contribution in [3.05, 3.63) is 29.0 Å². The van der Waals surface area contributed by atoms with Crippen LogP contribution in [0, 0.1) is 0 Å². The number of rotatable bonds is 7. The smallest absolute Gasteiger partial charge is 0.0730 e. The Hall–Kier alpha value is -1.81. The molecule has 5 rings (SSSR count). The van der Waals surface area contributed by atoms with Gasteiger partial charge in [0.1, 0.15) is 0 Å². The Kier molecular flexibility index (Phi) is 5.61. The van der Waals surface area contributed by atoms with Crippen LogP contribution >= 0.6 is 0 Å². The van der Waals surface area contributed by atoms with Crippen molar-refractivity contribution < 1.29 is 0 Å². The normalized spacial score (nSPS) is 21.6. The van der Waals surface area contributed by atoms with Gasteiger partial charge in [-0.05, 0) is 108 Å². The van der Waals surface area contributed by atoms with Gasteiger partial charge in [0, 0.05) is 48.5 Å². The molecule has 4 heteroatoms. The van der Waals surface area contributed by atoms with Gasteiger partial charge in [0.2, 0.25) is 0 Å². The first-order chi connectivity index (χ1) is 14.6. The van der Waals surface area contributed by atoms with Gasteiger partial charge >= 0.3 is 0 Å². The first-order valence-electron chi connectivity index (χ1n) is 12.3. The lowest BCUT2D eigenvalue weighted by Crippen LogP contribution is -2.24. The minimum atomic E-state index is 0.545. The van der Waals surface area contributed by atoms with Gasteiger partial charge in [-0.1, -0.05) is 0 Å². The number of hydrogen-bond acceptors (Lipinski definition) is 4. The molecular formula is C26H38N4. The number of unbranched alkanes of at least 4 members (excludes halogenated alkanes) is 1. The third-order valence-electron chi connectivity index (χ3n) is 7.35. The summed E-state index contributed by atoms with van der Waals surface area (Å²) in [7, 11) is 4.37. The third kappa shape index (κ3) is 4.03. The molecule has 0 spiro atoms. The monoisotopic (exact) mass is 406 g/mol. The summed E-state index contributed by atoms with van der Waals surface area (Å²) in [5, 5.41) is 5.16. The Morgan fingerprint density at radius 2 is 1.90 bits per heavy atom. The minimum Gasteiger partial charge on any atom is -0.382 e. The van der Waals surface area contributed by atoms with Crippen LogP contribution in [0.15, 0.2) is 12.1 Å². The molecule has 0 bridgehead atoms. The number of fused-ring (bicyclic) bond motifs is 3. The van der Waals surface area contributed by atoms with Crippen molar-refractivity contribution in [1.82, 2.24) is 9.88 Å². The van der Waals surface area contributed by atoms with E-state index in [9.17, 15) is 0 Å². The van der Waals surface area contributed by atoms with Crippen LogP contribution in [0.1, 0.15) is 74.6 Å². The van der Waals surface area contributed by atoms with Gasteiger partial charge in [-0.2, -0.15) is 0 Å². The molecule has 3 aliphatic rings. The maximum atomic E-state index is 5.26. The molecule has 1 unspecified atom stereocenters. The number of aromatic nitrogens is 1. The second-order valence-electron chi connectivity index (χ2n) is 10.1. The fraction of sp³-hybridized carbons (Fsp3) is 0.654. The molecule has 2 aliphatic heterocycles. The van der Waals surface area contributed by atoms with E-state index < -0.39 is 0 Å². The van der Waals surface area contributed by atoms with Crippen LogP contribution in [0.5, 0.6) is 0 Å². The molecule has 162 valence electrons. The van der Waals surface area contributed by atoms with Crippen molar-refractivity contribution >= 4 is 22.3 Å². The largest absolute Gasteiger partial charge is 0.382 e. The lowest BCUT2D eigenvalue weighted by atomic mass is 9.92. The van der Waals surface area contributed by atoms with Gasteiger partial charge in [0.25, 0.3) is 0 Å². The molecule has 1 saturated heterocycles. The number of likely N-dealkylation sites (tertiary alicyclic amines) is 1. The van der Waals surface area contributed by atoms with Gasteiger partial charge in [-0.15, -0.1) is 0 Å². The van der Waals surface area contributed by atoms with Crippen molar-refractivity contribution in [3.8, 4) is 0 Å². The number of benzene rings is 1. The van der Waals surface area contributed by atoms with E-state index in [-0.39, 0.29) is 0 Å². The van der Waals surface area contributed by atoms with E-state index in [1.165, 1.54) is 110 Å². The van der Waals surface area contributed by atoms with Gasteiger partial charge in [-0.3, -0.25) is 4.98 Å². The summed E-state index contributed by atoms with van der Waals surface area (Å²) in [6.45, 7) is 6.20. The molecule has 1 saturated carbocycles. The van der Waals surface area contributed by atoms with E-state index in [0.717, 1.165) is 6.42 Å². The first-order valence-corrected chi connectivity index (χ1v) is 12.3. The van der Waals surface area contributed by atoms with Gasteiger partial charge < -0.3 is 15.1 Å². The number of pyridine rings is 1. The van der Waals surface area contributed by atoms with Gasteiger partial charge in [-0.25, -0.2) is 0 Å². The predicted octanol–water partition coefficient (Wildman–Crippen LogP) is 5.34. The molecule has 2 fully saturated rings. The molecule has 1 atom stereocenters. The lowest BCUT2D eigenvalue weighted by molar-refractivity contribution is 0.330. The fourth-order valence-electron chi connectivity index (χ4n) is 5.47. The maximum Gasteiger partial charge on any atom is 0.0730 e. The highest BCUT2D eigenvalue weighted by atomic mass is 15.1. The first kappa shape index (κ1) is 20.1. The number of hydrogen-bond donors (Lipinski definition) is 1. The van der Waals surface area contributed by atoms with E-state index in [1.807, 2.05) is 0 Å². The van der Waals surface area contributed by atoms with Crippen molar-refractivity contribution in [2.75, 3.05) is 43.9 Å². The highest BCUT2D eigenvalue weighted by Gasteiger charge is 2.32. The van der Waals surface area contributed by atoms with Crippen molar-refractivity contribution in [3.63, 3.8) is 0 Å². The Labute approximate surface area is 182 Å². The second-order valence-corrected chi connectivity index (χ2v) is 10.1. The molecule has 1 N–H and O–H groups in total. The lowest BCUT2D eigenvalue weighted by Gasteiger charge is -2.28. The molecule has 3 heterocycles. The summed E-state index contributed by atoms with van der Waals surface area (Å²) in [6.07, 6.45) is 11.5. The molecular weight excluding hydrogens is 368 g/mol. The fourth-order valence-corrected chi connectivity index (χ4v) is 5.47. The van der Waals surface area contributed by atoms with Crippen molar-refractivity contribution in [2.24, 2.45) is 0 Å². The zero-order chi connectivity index (χ0) is 20.7. The van der Waals surface area contributed by atoms with Crippen LogP contribution in [0.3, 0.4) is 0 Å². The molecule has 2 aromatic rings. The van der Waals surface area contributed by atoms with Crippen LogP contribution in [0.4, 0.5) is 11.4 Å². The summed E-state index contributed by atoms with van der Waals surface area (Å²) < 4.78 is 0. The molecule has 0 amide bonds. The SMILES string of the molecule is CC1CCc2c(C3CC3)nc3cc(CCCCN4CCCC4)c(N(C)C)cc3c2N1. The number of nitrogens with one attached hydrogen (secondary N) is 1. The molecule has 1 aromatic heterocycles. The third-order valence-corrected chi connectivity index (χ3v) is 7.35. The average molecular weight is 407 g/mol. The van der Waals surface area contributed by atoms with Crippen LogP contribution in [0.2, 0.25) is 0 Å². The van der Waals surface area contributed by atoms with Gasteiger partial charge in [0.05, 0.1) is 5.52 Å². The minimum absolute atomic E-state index is 0.545. The summed E-state index contributed by atoms with van der Waals surface area (Å²) >= 11 is 0. The number of anilines is 2. The summed E-state index contributed by atoms with van der Waals surface area (Å²) in [6, 6.07) is 5.37. The standard InChI is InChI=1S/C26H38N4/c1-18-9-12-21-25(19-10-11-19)28-23-16-20(8-4-5-13-30-14-6-7-15-30)24(29(2)3)17-22(23)26(21)27-18/h16-19,27H,4-15H2,1-3H3. The van der Waals surface area contributed by atoms with Crippen LogP contribution in [0.25, 0.3) is 10.9 Å². The Morgan fingerprint density at radius 1 is 1.10 bits per heavy atom. The molecule has 0 radical (unpaired) electrons. The predicted molar refractivity (Wildman–Crippen MR) is 128 cm³/mol. The van der Waals surface area contributed by atoms with Crippen molar-refractivity contribution in [2.45, 2.75) is 76.7 Å². The van der Waals surface area contributed by atoms with E-state index in [1.54, 1.807) is 0 Å². The van der Waals surface area contributed by atoms with E-state index >= 15 is 0 Å². The second kappa shape index (κ2) is 8.37. The van der Waals surface area contributed by atoms with E-state index in [4.69, 9.17) is 4.98 Å². The maximum absolute atomic E-state index is 5.26. The molecule has 4 nitrogen and oxygen atoms in total. The van der Waals surface area contributed by atoms with Gasteiger partial charge in [0.15, 0.2) is 0 Å². The Morgan fingerprint density at radius 3 is 2.63 bits per heavy atom. The topological polar surface area (TPSA) is 31.4 Å². The molecule has 30 heavy (non-hydrogen) atoms. The quantitative estimate of drug-likeness (QED) is 0.629. The summed E-state index contributed by atoms with van der Waals surface area (Å²) in [5.41, 5.74) is 8.32. The van der Waals surface area contributed by atoms with Crippen LogP contribution < -0.4 is 10.2 Å². The average Bonchev–Trinajstić information content (AvgIpc) is 3.45. The Bertz CT molecular complexity index is 909. The van der Waals surface area contributed by atoms with Crippen LogP contribution in [-0.4, -0.2) is 49.7 Å². The number of aryl methyl sites for hydroxylation is 1. The zero-order valence-corrected chi connectivity index (χ0v) is 19.1. The van der Waals surface area contributed by atoms with E-state index in [2.05, 4.69) is 48.3 Å². The highest BCUT2D eigenvalue weighted by molar-refractivity contribution is 5.97. The number of nitrogens with zero attached hydrogens (tertiary/aromatic N) is 3.